The van der Waals surface area contributed by atoms with Crippen molar-refractivity contribution in [2.24, 2.45) is 0 Å². The molecule has 23 heavy (non-hydrogen) atoms. The smallest absolute Gasteiger partial charge is 0.324 e. The molecule has 1 fully saturated rings. The summed E-state index contributed by atoms with van der Waals surface area (Å²) in [6.45, 7) is 2.37. The molecule has 0 aliphatic carbocycles. The predicted octanol–water partition coefficient (Wildman–Crippen LogP) is 1.79. The molecule has 3 aromatic heterocycles. The lowest BCUT2D eigenvalue weighted by Crippen LogP contribution is -2.35. The Labute approximate surface area is 131 Å². The van der Waals surface area contributed by atoms with Crippen molar-refractivity contribution in [3.05, 3.63) is 36.1 Å². The third-order valence-corrected chi connectivity index (χ3v) is 3.89. The van der Waals surface area contributed by atoms with E-state index in [2.05, 4.69) is 25.7 Å². The van der Waals surface area contributed by atoms with Gasteiger partial charge in [-0.3, -0.25) is 9.72 Å². The normalized spacial score (nSPS) is 17.8. The monoisotopic (exact) mass is 313 g/mol. The topological polar surface area (TPSA) is 101 Å². The maximum Gasteiger partial charge on any atom is 0.324 e. The number of likely N-dealkylation sites (tertiary alicyclic amines) is 1. The molecular weight excluding hydrogens is 298 g/mol. The van der Waals surface area contributed by atoms with Crippen LogP contribution in [0.15, 0.2) is 28.9 Å². The molecule has 0 radical (unpaired) electrons. The molecule has 2 amide bonds. The Morgan fingerprint density at radius 1 is 1.39 bits per heavy atom. The summed E-state index contributed by atoms with van der Waals surface area (Å²) in [5.41, 5.74) is 0.676. The van der Waals surface area contributed by atoms with E-state index >= 15 is 0 Å². The molecule has 1 atom stereocenters. The Morgan fingerprint density at radius 3 is 3.13 bits per heavy atom. The number of pyridine rings is 1. The highest BCUT2D eigenvalue weighted by Gasteiger charge is 2.33. The first kappa shape index (κ1) is 13.7. The van der Waals surface area contributed by atoms with Crippen LogP contribution in [0.2, 0.25) is 0 Å². The van der Waals surface area contributed by atoms with Crippen molar-refractivity contribution in [1.29, 1.82) is 0 Å². The zero-order valence-electron chi connectivity index (χ0n) is 12.5. The van der Waals surface area contributed by atoms with Gasteiger partial charge in [-0.25, -0.2) is 4.79 Å². The lowest BCUT2D eigenvalue weighted by molar-refractivity contribution is 0.203. The van der Waals surface area contributed by atoms with E-state index in [9.17, 15) is 4.79 Å². The fourth-order valence-electron chi connectivity index (χ4n) is 2.82. The van der Waals surface area contributed by atoms with Crippen LogP contribution in [0, 0.1) is 6.92 Å². The van der Waals surface area contributed by atoms with Crippen LogP contribution in [-0.2, 0) is 0 Å². The Balaban J connectivity index is 1.56. The van der Waals surface area contributed by atoms with E-state index in [4.69, 9.17) is 4.52 Å². The number of hydrogen-bond donors (Lipinski definition) is 1. The van der Waals surface area contributed by atoms with E-state index < -0.39 is 0 Å². The molecule has 118 valence electrons. The molecule has 0 spiro atoms. The molecule has 0 aromatic carbocycles. The number of nitrogens with one attached hydrogen (secondary N) is 1. The third-order valence-electron chi connectivity index (χ3n) is 3.89. The second-order valence-electron chi connectivity index (χ2n) is 5.41. The van der Waals surface area contributed by atoms with Crippen LogP contribution in [0.4, 0.5) is 10.7 Å². The van der Waals surface area contributed by atoms with Crippen LogP contribution in [-0.4, -0.2) is 42.2 Å². The molecule has 0 saturated carbocycles. The van der Waals surface area contributed by atoms with Crippen LogP contribution in [0.25, 0.3) is 5.65 Å². The van der Waals surface area contributed by atoms with E-state index in [1.54, 1.807) is 22.4 Å². The number of carbonyl (C=O) groups is 1. The molecular formula is C14H15N7O2. The summed E-state index contributed by atoms with van der Waals surface area (Å²) < 4.78 is 6.75. The van der Waals surface area contributed by atoms with Gasteiger partial charge in [0.1, 0.15) is 0 Å². The van der Waals surface area contributed by atoms with Crippen molar-refractivity contribution >= 4 is 17.6 Å². The van der Waals surface area contributed by atoms with Crippen molar-refractivity contribution in [2.75, 3.05) is 11.9 Å². The molecule has 1 aliphatic rings. The number of nitrogens with zero attached hydrogens (tertiary/aromatic N) is 6. The zero-order valence-corrected chi connectivity index (χ0v) is 12.5. The summed E-state index contributed by atoms with van der Waals surface area (Å²) >= 11 is 0. The number of aromatic nitrogens is 5. The van der Waals surface area contributed by atoms with Gasteiger partial charge in [0, 0.05) is 19.7 Å². The van der Waals surface area contributed by atoms with Gasteiger partial charge in [0.2, 0.25) is 11.8 Å². The average Bonchev–Trinajstić information content (AvgIpc) is 3.26. The lowest BCUT2D eigenvalue weighted by atomic mass is 10.2. The van der Waals surface area contributed by atoms with Gasteiger partial charge < -0.3 is 9.42 Å². The maximum absolute atomic E-state index is 12.6. The van der Waals surface area contributed by atoms with Gasteiger partial charge in [-0.15, -0.1) is 10.2 Å². The van der Waals surface area contributed by atoms with Crippen molar-refractivity contribution in [3.63, 3.8) is 0 Å². The standard InChI is InChI=1S/C14H15N7O2/c1-9-15-12(19-23-9)10-5-4-8-20(10)14(22)16-13-18-17-11-6-2-3-7-21(11)13/h2-3,6-7,10H,4-5,8H2,1H3,(H,16,18,22). The van der Waals surface area contributed by atoms with Crippen molar-refractivity contribution in [3.8, 4) is 0 Å². The minimum absolute atomic E-state index is 0.174. The quantitative estimate of drug-likeness (QED) is 0.774. The SMILES string of the molecule is Cc1nc(C2CCCN2C(=O)Nc2nnc3ccccn23)no1. The van der Waals surface area contributed by atoms with E-state index in [-0.39, 0.29) is 12.1 Å². The van der Waals surface area contributed by atoms with Crippen LogP contribution >= 0.6 is 0 Å². The number of anilines is 1. The number of amides is 2. The minimum atomic E-state index is -0.242. The summed E-state index contributed by atoms with van der Waals surface area (Å²) in [5, 5.41) is 14.8. The molecule has 0 bridgehead atoms. The first-order valence-electron chi connectivity index (χ1n) is 7.40. The Hall–Kier alpha value is -2.97. The predicted molar refractivity (Wildman–Crippen MR) is 79.7 cm³/mol. The summed E-state index contributed by atoms with van der Waals surface area (Å²) in [5.74, 6) is 1.43. The molecule has 9 heteroatoms. The van der Waals surface area contributed by atoms with Gasteiger partial charge >= 0.3 is 6.03 Å². The van der Waals surface area contributed by atoms with E-state index in [1.807, 2.05) is 18.2 Å². The molecule has 1 unspecified atom stereocenters. The second kappa shape index (κ2) is 5.34. The average molecular weight is 313 g/mol. The third kappa shape index (κ3) is 2.39. The molecule has 1 aliphatic heterocycles. The highest BCUT2D eigenvalue weighted by molar-refractivity contribution is 5.88. The van der Waals surface area contributed by atoms with Crippen LogP contribution < -0.4 is 5.32 Å². The second-order valence-corrected chi connectivity index (χ2v) is 5.41. The van der Waals surface area contributed by atoms with E-state index in [1.165, 1.54) is 0 Å². The number of aryl methyl sites for hydroxylation is 1. The van der Waals surface area contributed by atoms with Gasteiger partial charge in [0.15, 0.2) is 11.5 Å². The molecule has 4 rings (SSSR count). The summed E-state index contributed by atoms with van der Waals surface area (Å²) in [6.07, 6.45) is 3.51. The molecule has 9 nitrogen and oxygen atoms in total. The van der Waals surface area contributed by atoms with Crippen LogP contribution in [0.1, 0.15) is 30.6 Å². The summed E-state index contributed by atoms with van der Waals surface area (Å²) in [6, 6.07) is 5.13. The highest BCUT2D eigenvalue weighted by Crippen LogP contribution is 2.30. The van der Waals surface area contributed by atoms with Gasteiger partial charge in [0.05, 0.1) is 6.04 Å². The fourth-order valence-corrected chi connectivity index (χ4v) is 2.82. The fraction of sp³-hybridized carbons (Fsp3) is 0.357. The first-order valence-corrected chi connectivity index (χ1v) is 7.40. The largest absolute Gasteiger partial charge is 0.340 e. The summed E-state index contributed by atoms with van der Waals surface area (Å²) in [4.78, 5) is 18.5. The number of fused-ring (bicyclic) bond motifs is 1. The van der Waals surface area contributed by atoms with Crippen molar-refractivity contribution in [1.82, 2.24) is 29.6 Å². The summed E-state index contributed by atoms with van der Waals surface area (Å²) in [7, 11) is 0. The Bertz CT molecular complexity index is 856. The zero-order chi connectivity index (χ0) is 15.8. The van der Waals surface area contributed by atoms with Crippen LogP contribution in [0.3, 0.4) is 0 Å². The number of hydrogen-bond acceptors (Lipinski definition) is 6. The van der Waals surface area contributed by atoms with Crippen molar-refractivity contribution < 1.29 is 9.32 Å². The van der Waals surface area contributed by atoms with Crippen molar-refractivity contribution in [2.45, 2.75) is 25.8 Å². The maximum atomic E-state index is 12.6. The van der Waals surface area contributed by atoms with Gasteiger partial charge in [-0.1, -0.05) is 11.2 Å². The minimum Gasteiger partial charge on any atom is -0.340 e. The van der Waals surface area contributed by atoms with Gasteiger partial charge in [0.25, 0.3) is 0 Å². The molecule has 1 N–H and O–H groups in total. The molecule has 1 saturated heterocycles. The lowest BCUT2D eigenvalue weighted by Gasteiger charge is -2.21. The Morgan fingerprint density at radius 2 is 2.30 bits per heavy atom. The van der Waals surface area contributed by atoms with E-state index in [0.29, 0.717) is 29.9 Å². The Kier molecular flexibility index (Phi) is 3.18. The molecule has 3 aromatic rings. The van der Waals surface area contributed by atoms with Gasteiger partial charge in [-0.05, 0) is 25.0 Å². The number of urea groups is 1. The van der Waals surface area contributed by atoms with Crippen LogP contribution in [0.5, 0.6) is 0 Å². The number of carbonyl (C=O) groups excluding carboxylic acids is 1. The molecule has 4 heterocycles. The first-order chi connectivity index (χ1) is 11.2. The van der Waals surface area contributed by atoms with E-state index in [0.717, 1.165) is 12.8 Å². The number of rotatable bonds is 2. The van der Waals surface area contributed by atoms with Gasteiger partial charge in [-0.2, -0.15) is 4.98 Å². The highest BCUT2D eigenvalue weighted by atomic mass is 16.5.